The fourth-order valence-electron chi connectivity index (χ4n) is 1.08. The Morgan fingerprint density at radius 3 is 2.87 bits per heavy atom. The lowest BCUT2D eigenvalue weighted by molar-refractivity contribution is 0.105. The van der Waals surface area contributed by atoms with Crippen molar-refractivity contribution in [1.29, 1.82) is 0 Å². The van der Waals surface area contributed by atoms with Gasteiger partial charge in [0.2, 0.25) is 5.88 Å². The highest BCUT2D eigenvalue weighted by molar-refractivity contribution is 5.45. The van der Waals surface area contributed by atoms with Crippen molar-refractivity contribution < 1.29 is 14.9 Å². The minimum atomic E-state index is -0.780. The summed E-state index contributed by atoms with van der Waals surface area (Å²) in [6, 6.07) is 3.64. The van der Waals surface area contributed by atoms with E-state index in [-0.39, 0.29) is 13.2 Å². The summed E-state index contributed by atoms with van der Waals surface area (Å²) in [5, 5.41) is 20.8. The Labute approximate surface area is 88.7 Å². The highest BCUT2D eigenvalue weighted by Crippen LogP contribution is 2.16. The van der Waals surface area contributed by atoms with Crippen LogP contribution in [-0.4, -0.2) is 41.6 Å². The lowest BCUT2D eigenvalue weighted by Crippen LogP contribution is -2.23. The van der Waals surface area contributed by atoms with Crippen LogP contribution in [0.4, 0.5) is 5.82 Å². The molecule has 0 spiro atoms. The number of hydrogen-bond acceptors (Lipinski definition) is 5. The van der Waals surface area contributed by atoms with Gasteiger partial charge in [-0.25, -0.2) is 0 Å². The molecule has 84 valence electrons. The first-order chi connectivity index (χ1) is 7.17. The van der Waals surface area contributed by atoms with Gasteiger partial charge in [-0.3, -0.25) is 0 Å². The first-order valence-corrected chi connectivity index (χ1v) is 4.71. The largest absolute Gasteiger partial charge is 0.481 e. The third-order valence-electron chi connectivity index (χ3n) is 2.00. The van der Waals surface area contributed by atoms with Crippen LogP contribution in [-0.2, 0) is 0 Å². The second-order valence-corrected chi connectivity index (χ2v) is 3.24. The molecule has 3 N–H and O–H groups in total. The van der Waals surface area contributed by atoms with Gasteiger partial charge in [0, 0.05) is 12.6 Å². The summed E-state index contributed by atoms with van der Waals surface area (Å²) in [6.07, 6.45) is -0.780. The number of aromatic nitrogens is 1. The second kappa shape index (κ2) is 5.53. The molecule has 0 aliphatic carbocycles. The summed E-state index contributed by atoms with van der Waals surface area (Å²) >= 11 is 0. The molecule has 1 aromatic heterocycles. The molecule has 1 heterocycles. The fourth-order valence-corrected chi connectivity index (χ4v) is 1.08. The lowest BCUT2D eigenvalue weighted by Gasteiger charge is -2.12. The summed E-state index contributed by atoms with van der Waals surface area (Å²) in [4.78, 5) is 4.17. The minimum absolute atomic E-state index is 0.261. The van der Waals surface area contributed by atoms with E-state index >= 15 is 0 Å². The van der Waals surface area contributed by atoms with Gasteiger partial charge in [-0.05, 0) is 12.5 Å². The van der Waals surface area contributed by atoms with Gasteiger partial charge < -0.3 is 20.3 Å². The Balaban J connectivity index is 2.66. The summed E-state index contributed by atoms with van der Waals surface area (Å²) in [7, 11) is 1.55. The van der Waals surface area contributed by atoms with E-state index in [2.05, 4.69) is 10.3 Å². The number of nitrogens with one attached hydrogen (secondary N) is 1. The van der Waals surface area contributed by atoms with Gasteiger partial charge in [-0.1, -0.05) is 6.07 Å². The standard InChI is InChI=1S/C10H16N2O3/c1-7-3-4-9(15-2)12-10(7)11-5-8(14)6-13/h3-4,8,13-14H,5-6H2,1-2H3,(H,11,12). The number of pyridine rings is 1. The predicted molar refractivity (Wildman–Crippen MR) is 57.1 cm³/mol. The first kappa shape index (κ1) is 11.7. The Bertz CT molecular complexity index is 318. The molecular weight excluding hydrogens is 196 g/mol. The van der Waals surface area contributed by atoms with E-state index in [0.29, 0.717) is 11.7 Å². The molecule has 15 heavy (non-hydrogen) atoms. The van der Waals surface area contributed by atoms with E-state index in [1.165, 1.54) is 0 Å². The van der Waals surface area contributed by atoms with Crippen LogP contribution in [0.1, 0.15) is 5.56 Å². The van der Waals surface area contributed by atoms with Crippen LogP contribution in [0.25, 0.3) is 0 Å². The minimum Gasteiger partial charge on any atom is -0.481 e. The van der Waals surface area contributed by atoms with Crippen molar-refractivity contribution in [3.8, 4) is 5.88 Å². The average molecular weight is 212 g/mol. The molecular formula is C10H16N2O3. The molecule has 0 aromatic carbocycles. The monoisotopic (exact) mass is 212 g/mol. The van der Waals surface area contributed by atoms with Crippen molar-refractivity contribution in [1.82, 2.24) is 4.98 Å². The van der Waals surface area contributed by atoms with Crippen molar-refractivity contribution in [2.45, 2.75) is 13.0 Å². The zero-order chi connectivity index (χ0) is 11.3. The number of methoxy groups -OCH3 is 1. The number of hydrogen-bond donors (Lipinski definition) is 3. The molecule has 1 atom stereocenters. The molecule has 5 nitrogen and oxygen atoms in total. The van der Waals surface area contributed by atoms with E-state index in [4.69, 9.17) is 14.9 Å². The van der Waals surface area contributed by atoms with Crippen molar-refractivity contribution in [2.24, 2.45) is 0 Å². The van der Waals surface area contributed by atoms with Gasteiger partial charge in [-0.15, -0.1) is 0 Å². The van der Waals surface area contributed by atoms with Crippen LogP contribution >= 0.6 is 0 Å². The van der Waals surface area contributed by atoms with Crippen LogP contribution in [0.2, 0.25) is 0 Å². The van der Waals surface area contributed by atoms with E-state index in [1.54, 1.807) is 13.2 Å². The summed E-state index contributed by atoms with van der Waals surface area (Å²) in [6.45, 7) is 1.90. The Morgan fingerprint density at radius 2 is 2.27 bits per heavy atom. The molecule has 0 amide bonds. The topological polar surface area (TPSA) is 74.6 Å². The number of aryl methyl sites for hydroxylation is 1. The number of aliphatic hydroxyl groups is 2. The van der Waals surface area contributed by atoms with Gasteiger partial charge in [0.15, 0.2) is 0 Å². The van der Waals surface area contributed by atoms with E-state index in [9.17, 15) is 0 Å². The highest BCUT2D eigenvalue weighted by atomic mass is 16.5. The van der Waals surface area contributed by atoms with Gasteiger partial charge in [-0.2, -0.15) is 4.98 Å². The van der Waals surface area contributed by atoms with Crippen LogP contribution in [0.15, 0.2) is 12.1 Å². The van der Waals surface area contributed by atoms with Crippen LogP contribution in [0, 0.1) is 6.92 Å². The molecule has 0 radical (unpaired) electrons. The molecule has 0 saturated heterocycles. The number of ether oxygens (including phenoxy) is 1. The van der Waals surface area contributed by atoms with Gasteiger partial charge in [0.25, 0.3) is 0 Å². The highest BCUT2D eigenvalue weighted by Gasteiger charge is 2.05. The zero-order valence-electron chi connectivity index (χ0n) is 8.90. The quantitative estimate of drug-likeness (QED) is 0.648. The first-order valence-electron chi connectivity index (χ1n) is 4.71. The normalized spacial score (nSPS) is 12.3. The van der Waals surface area contributed by atoms with Gasteiger partial charge in [0.1, 0.15) is 5.82 Å². The third-order valence-corrected chi connectivity index (χ3v) is 2.00. The maximum Gasteiger partial charge on any atom is 0.214 e. The molecule has 1 rings (SSSR count). The van der Waals surface area contributed by atoms with E-state index in [0.717, 1.165) is 5.56 Å². The van der Waals surface area contributed by atoms with Crippen LogP contribution in [0.3, 0.4) is 0 Å². The van der Waals surface area contributed by atoms with Crippen molar-refractivity contribution in [3.63, 3.8) is 0 Å². The molecule has 0 saturated carbocycles. The van der Waals surface area contributed by atoms with E-state index < -0.39 is 6.10 Å². The van der Waals surface area contributed by atoms with Crippen LogP contribution < -0.4 is 10.1 Å². The Kier molecular flexibility index (Phi) is 4.33. The Morgan fingerprint density at radius 1 is 1.53 bits per heavy atom. The third kappa shape index (κ3) is 3.38. The SMILES string of the molecule is COc1ccc(C)c(NCC(O)CO)n1. The van der Waals surface area contributed by atoms with Crippen molar-refractivity contribution in [3.05, 3.63) is 17.7 Å². The second-order valence-electron chi connectivity index (χ2n) is 3.24. The summed E-state index contributed by atoms with van der Waals surface area (Å²) in [5.74, 6) is 1.17. The maximum absolute atomic E-state index is 9.17. The molecule has 0 aliphatic heterocycles. The van der Waals surface area contributed by atoms with Gasteiger partial charge >= 0.3 is 0 Å². The number of rotatable bonds is 5. The van der Waals surface area contributed by atoms with Crippen molar-refractivity contribution >= 4 is 5.82 Å². The Hall–Kier alpha value is -1.33. The molecule has 0 fully saturated rings. The number of anilines is 1. The van der Waals surface area contributed by atoms with Crippen molar-refractivity contribution in [2.75, 3.05) is 25.6 Å². The maximum atomic E-state index is 9.17. The van der Waals surface area contributed by atoms with Crippen LogP contribution in [0.5, 0.6) is 5.88 Å². The molecule has 0 bridgehead atoms. The lowest BCUT2D eigenvalue weighted by atomic mass is 10.3. The average Bonchev–Trinajstić information content (AvgIpc) is 2.27. The smallest absolute Gasteiger partial charge is 0.214 e. The molecule has 1 aromatic rings. The summed E-state index contributed by atoms with van der Waals surface area (Å²) < 4.78 is 4.98. The number of aliphatic hydroxyl groups excluding tert-OH is 2. The predicted octanol–water partition coefficient (Wildman–Crippen LogP) is 0.164. The number of nitrogens with zero attached hydrogens (tertiary/aromatic N) is 1. The fraction of sp³-hybridized carbons (Fsp3) is 0.500. The van der Waals surface area contributed by atoms with Gasteiger partial charge in [0.05, 0.1) is 19.8 Å². The molecule has 1 unspecified atom stereocenters. The van der Waals surface area contributed by atoms with E-state index in [1.807, 2.05) is 13.0 Å². The summed E-state index contributed by atoms with van der Waals surface area (Å²) in [5.41, 5.74) is 0.959. The molecule has 5 heteroatoms. The molecule has 0 aliphatic rings. The zero-order valence-corrected chi connectivity index (χ0v) is 8.90.